The molecule has 0 aliphatic carbocycles. The van der Waals surface area contributed by atoms with Crippen molar-refractivity contribution in [1.29, 1.82) is 0 Å². The van der Waals surface area contributed by atoms with E-state index >= 15 is 0 Å². The second kappa shape index (κ2) is 7.10. The van der Waals surface area contributed by atoms with E-state index in [-0.39, 0.29) is 16.8 Å². The van der Waals surface area contributed by atoms with E-state index in [4.69, 9.17) is 39.2 Å². The Morgan fingerprint density at radius 3 is 2.57 bits per heavy atom. The molecule has 150 valence electrons. The van der Waals surface area contributed by atoms with Gasteiger partial charge in [-0.1, -0.05) is 40.9 Å². The van der Waals surface area contributed by atoms with Crippen LogP contribution >= 0.6 is 46.1 Å². The van der Waals surface area contributed by atoms with Crippen LogP contribution in [0.4, 0.5) is 5.13 Å². The summed E-state index contributed by atoms with van der Waals surface area (Å²) in [6.45, 7) is 1.83. The van der Waals surface area contributed by atoms with Crippen molar-refractivity contribution in [3.05, 3.63) is 89.7 Å². The molecule has 5 rings (SSSR count). The predicted octanol–water partition coefficient (Wildman–Crippen LogP) is 6.27. The number of hydrogen-bond donors (Lipinski definition) is 0. The van der Waals surface area contributed by atoms with E-state index in [0.717, 1.165) is 5.69 Å². The highest BCUT2D eigenvalue weighted by Crippen LogP contribution is 2.43. The summed E-state index contributed by atoms with van der Waals surface area (Å²) < 4.78 is 5.88. The van der Waals surface area contributed by atoms with Crippen LogP contribution in [0.3, 0.4) is 0 Å². The van der Waals surface area contributed by atoms with Crippen molar-refractivity contribution in [1.82, 2.24) is 4.98 Å². The van der Waals surface area contributed by atoms with Crippen molar-refractivity contribution >= 4 is 68.1 Å². The molecular formula is C21H11Cl3N2O3S. The maximum absolute atomic E-state index is 13.5. The largest absolute Gasteiger partial charge is 0.450 e. The molecule has 0 saturated heterocycles. The molecule has 1 aliphatic rings. The van der Waals surface area contributed by atoms with Crippen LogP contribution in [-0.2, 0) is 0 Å². The predicted molar refractivity (Wildman–Crippen MR) is 119 cm³/mol. The van der Waals surface area contributed by atoms with Gasteiger partial charge in [-0.05, 0) is 42.8 Å². The molecule has 5 nitrogen and oxygen atoms in total. The van der Waals surface area contributed by atoms with Crippen molar-refractivity contribution in [3.63, 3.8) is 0 Å². The van der Waals surface area contributed by atoms with Gasteiger partial charge in [0.15, 0.2) is 10.6 Å². The number of halogens is 3. The van der Waals surface area contributed by atoms with Gasteiger partial charge in [-0.15, -0.1) is 11.3 Å². The number of carbonyl (C=O) groups excluding carboxylic acids is 1. The fraction of sp³-hybridized carbons (Fsp3) is 0.0952. The molecule has 0 saturated carbocycles. The van der Waals surface area contributed by atoms with E-state index in [2.05, 4.69) is 4.98 Å². The second-order valence-electron chi connectivity index (χ2n) is 6.84. The molecule has 2 aromatic heterocycles. The third-order valence-electron chi connectivity index (χ3n) is 4.90. The molecule has 30 heavy (non-hydrogen) atoms. The van der Waals surface area contributed by atoms with Crippen molar-refractivity contribution in [2.75, 3.05) is 4.90 Å². The number of benzene rings is 2. The maximum atomic E-state index is 13.5. The first kappa shape index (κ1) is 19.6. The Balaban J connectivity index is 1.84. The molecule has 1 amide bonds. The summed E-state index contributed by atoms with van der Waals surface area (Å²) in [6.07, 6.45) is 0. The molecule has 3 heterocycles. The Labute approximate surface area is 189 Å². The second-order valence-corrected chi connectivity index (χ2v) is 8.92. The summed E-state index contributed by atoms with van der Waals surface area (Å²) in [5.41, 5.74) is 1.58. The fourth-order valence-electron chi connectivity index (χ4n) is 3.59. The van der Waals surface area contributed by atoms with Gasteiger partial charge in [-0.3, -0.25) is 14.5 Å². The first-order chi connectivity index (χ1) is 14.3. The Morgan fingerprint density at radius 1 is 1.07 bits per heavy atom. The smallest absolute Gasteiger partial charge is 0.297 e. The fourth-order valence-corrected chi connectivity index (χ4v) is 4.90. The number of anilines is 1. The highest BCUT2D eigenvalue weighted by atomic mass is 35.5. The van der Waals surface area contributed by atoms with E-state index in [1.165, 1.54) is 22.3 Å². The number of fused-ring (bicyclic) bond motifs is 2. The van der Waals surface area contributed by atoms with E-state index in [1.54, 1.807) is 30.3 Å². The van der Waals surface area contributed by atoms with Crippen LogP contribution in [0, 0.1) is 6.92 Å². The molecular weight excluding hydrogens is 467 g/mol. The van der Waals surface area contributed by atoms with Crippen LogP contribution in [0.15, 0.2) is 51.0 Å². The zero-order valence-corrected chi connectivity index (χ0v) is 18.4. The van der Waals surface area contributed by atoms with Crippen molar-refractivity contribution < 1.29 is 9.21 Å². The number of hydrogen-bond acceptors (Lipinski definition) is 5. The quantitative estimate of drug-likeness (QED) is 0.341. The molecule has 0 fully saturated rings. The van der Waals surface area contributed by atoms with Gasteiger partial charge in [-0.25, -0.2) is 4.98 Å². The lowest BCUT2D eigenvalue weighted by Gasteiger charge is -2.22. The number of nitrogens with zero attached hydrogens (tertiary/aromatic N) is 2. The van der Waals surface area contributed by atoms with Crippen molar-refractivity contribution in [3.8, 4) is 0 Å². The first-order valence-electron chi connectivity index (χ1n) is 8.82. The van der Waals surface area contributed by atoms with Crippen LogP contribution < -0.4 is 10.3 Å². The number of carbonyl (C=O) groups is 1. The molecule has 4 aromatic rings. The average Bonchev–Trinajstić information content (AvgIpc) is 3.26. The third kappa shape index (κ3) is 2.94. The Morgan fingerprint density at radius 2 is 1.87 bits per heavy atom. The maximum Gasteiger partial charge on any atom is 0.297 e. The number of amides is 1. The van der Waals surface area contributed by atoms with E-state index in [0.29, 0.717) is 36.7 Å². The Bertz CT molecular complexity index is 1410. The zero-order valence-electron chi connectivity index (χ0n) is 15.3. The number of aryl methyl sites for hydroxylation is 1. The van der Waals surface area contributed by atoms with Crippen LogP contribution in [0.25, 0.3) is 11.0 Å². The topological polar surface area (TPSA) is 63.4 Å². The first-order valence-corrected chi connectivity index (χ1v) is 10.8. The van der Waals surface area contributed by atoms with Crippen molar-refractivity contribution in [2.45, 2.75) is 13.0 Å². The molecule has 2 aromatic carbocycles. The number of rotatable bonds is 2. The third-order valence-corrected chi connectivity index (χ3v) is 6.84. The van der Waals surface area contributed by atoms with E-state index in [9.17, 15) is 9.59 Å². The summed E-state index contributed by atoms with van der Waals surface area (Å²) in [5, 5.41) is 3.69. The van der Waals surface area contributed by atoms with Crippen LogP contribution in [-0.4, -0.2) is 10.9 Å². The van der Waals surface area contributed by atoms with Gasteiger partial charge in [0, 0.05) is 10.4 Å². The molecule has 0 unspecified atom stereocenters. The Kier molecular flexibility index (Phi) is 4.63. The molecule has 0 spiro atoms. The summed E-state index contributed by atoms with van der Waals surface area (Å²) in [6, 6.07) is 8.98. The molecule has 0 bridgehead atoms. The van der Waals surface area contributed by atoms with Gasteiger partial charge >= 0.3 is 0 Å². The van der Waals surface area contributed by atoms with Crippen LogP contribution in [0.2, 0.25) is 15.1 Å². The number of aromatic nitrogens is 1. The highest BCUT2D eigenvalue weighted by molar-refractivity contribution is 7.14. The SMILES string of the molecule is Cc1csc(N2C(=O)c3oc4ccc(Cl)cc4c(=O)c3[C@H]2c2ccc(Cl)c(Cl)c2)n1. The summed E-state index contributed by atoms with van der Waals surface area (Å²) in [7, 11) is 0. The van der Waals surface area contributed by atoms with Gasteiger partial charge in [0.1, 0.15) is 5.58 Å². The summed E-state index contributed by atoms with van der Waals surface area (Å²) in [5.74, 6) is -0.455. The molecule has 0 N–H and O–H groups in total. The van der Waals surface area contributed by atoms with Gasteiger partial charge in [-0.2, -0.15) is 0 Å². The van der Waals surface area contributed by atoms with Gasteiger partial charge < -0.3 is 4.42 Å². The molecule has 0 radical (unpaired) electrons. The highest BCUT2D eigenvalue weighted by Gasteiger charge is 2.45. The normalized spacial score (nSPS) is 15.8. The molecule has 1 aliphatic heterocycles. The van der Waals surface area contributed by atoms with Gasteiger partial charge in [0.25, 0.3) is 5.91 Å². The summed E-state index contributed by atoms with van der Waals surface area (Å²) in [4.78, 5) is 32.8. The lowest BCUT2D eigenvalue weighted by molar-refractivity contribution is 0.0971. The lowest BCUT2D eigenvalue weighted by atomic mass is 9.99. The Hall–Kier alpha value is -2.38. The zero-order chi connectivity index (χ0) is 21.2. The standard InChI is InChI=1S/C21H11Cl3N2O3S/c1-9-8-30-21(25-9)26-17(10-2-4-13(23)14(24)6-10)16-18(27)12-7-11(22)3-5-15(12)29-19(16)20(26)28/h2-8,17H,1H3/t17-/m1/s1. The minimum Gasteiger partial charge on any atom is -0.450 e. The average molecular weight is 478 g/mol. The van der Waals surface area contributed by atoms with Crippen molar-refractivity contribution in [2.24, 2.45) is 0 Å². The number of thiazole rings is 1. The van der Waals surface area contributed by atoms with Crippen LogP contribution in [0.5, 0.6) is 0 Å². The molecule has 1 atom stereocenters. The van der Waals surface area contributed by atoms with Gasteiger partial charge in [0.05, 0.1) is 32.7 Å². The minimum absolute atomic E-state index is 0.0150. The van der Waals surface area contributed by atoms with Crippen LogP contribution in [0.1, 0.15) is 33.4 Å². The minimum atomic E-state index is -0.757. The molecule has 9 heteroatoms. The lowest BCUT2D eigenvalue weighted by Crippen LogP contribution is -2.29. The van der Waals surface area contributed by atoms with E-state index in [1.807, 2.05) is 12.3 Å². The monoisotopic (exact) mass is 476 g/mol. The van der Waals surface area contributed by atoms with Gasteiger partial charge in [0.2, 0.25) is 5.76 Å². The summed E-state index contributed by atoms with van der Waals surface area (Å²) >= 11 is 19.7. The van der Waals surface area contributed by atoms with E-state index < -0.39 is 11.9 Å².